The second-order valence-corrected chi connectivity index (χ2v) is 8.37. The maximum atomic E-state index is 12.6. The van der Waals surface area contributed by atoms with Crippen LogP contribution in [0.1, 0.15) is 30.8 Å². The molecule has 0 saturated carbocycles. The van der Waals surface area contributed by atoms with E-state index in [4.69, 9.17) is 9.72 Å². The Bertz CT molecular complexity index is 789. The SMILES string of the molecule is CC(C)Cn1ncc2c1CCc1sc(N(C)C(=O)C3CCOC3)nc1-2. The summed E-state index contributed by atoms with van der Waals surface area (Å²) in [6, 6.07) is 0. The van der Waals surface area contributed by atoms with Gasteiger partial charge in [0.05, 0.1) is 24.4 Å². The van der Waals surface area contributed by atoms with Crippen LogP contribution >= 0.6 is 11.3 Å². The first-order valence-electron chi connectivity index (χ1n) is 8.94. The van der Waals surface area contributed by atoms with Gasteiger partial charge in [-0.2, -0.15) is 5.10 Å². The molecule has 1 atom stereocenters. The summed E-state index contributed by atoms with van der Waals surface area (Å²) < 4.78 is 7.47. The van der Waals surface area contributed by atoms with Crippen LogP contribution in [0.25, 0.3) is 11.3 Å². The molecule has 2 aromatic heterocycles. The number of fused-ring (bicyclic) bond motifs is 3. The highest BCUT2D eigenvalue weighted by Gasteiger charge is 2.30. The Morgan fingerprint density at radius 1 is 1.48 bits per heavy atom. The van der Waals surface area contributed by atoms with Gasteiger partial charge in [0.1, 0.15) is 0 Å². The molecule has 1 saturated heterocycles. The number of hydrogen-bond acceptors (Lipinski definition) is 5. The molecule has 2 aliphatic rings. The molecular weight excluding hydrogens is 336 g/mol. The summed E-state index contributed by atoms with van der Waals surface area (Å²) in [7, 11) is 1.83. The van der Waals surface area contributed by atoms with E-state index in [-0.39, 0.29) is 11.8 Å². The Hall–Kier alpha value is -1.73. The third-order valence-corrected chi connectivity index (χ3v) is 6.10. The Kier molecular flexibility index (Phi) is 4.37. The van der Waals surface area contributed by atoms with Crippen LogP contribution in [0.2, 0.25) is 0 Å². The standard InChI is InChI=1S/C18H24N4O2S/c1-11(2)9-22-14-4-5-15-16(13(14)8-19-22)20-18(25-15)21(3)17(23)12-6-7-24-10-12/h8,11-12H,4-7,9-10H2,1-3H3. The molecule has 25 heavy (non-hydrogen) atoms. The van der Waals surface area contributed by atoms with Gasteiger partial charge in [-0.25, -0.2) is 4.98 Å². The van der Waals surface area contributed by atoms with E-state index >= 15 is 0 Å². The van der Waals surface area contributed by atoms with Crippen molar-refractivity contribution >= 4 is 22.4 Å². The maximum Gasteiger partial charge on any atom is 0.234 e. The fraction of sp³-hybridized carbons (Fsp3) is 0.611. The largest absolute Gasteiger partial charge is 0.381 e. The first-order chi connectivity index (χ1) is 12.0. The number of carbonyl (C=O) groups is 1. The van der Waals surface area contributed by atoms with Crippen molar-refractivity contribution in [1.29, 1.82) is 0 Å². The van der Waals surface area contributed by atoms with Gasteiger partial charge in [0, 0.05) is 36.3 Å². The number of thiazole rings is 1. The molecule has 1 aliphatic heterocycles. The third-order valence-electron chi connectivity index (χ3n) is 4.91. The van der Waals surface area contributed by atoms with Crippen molar-refractivity contribution in [3.63, 3.8) is 0 Å². The second-order valence-electron chi connectivity index (χ2n) is 7.31. The zero-order valence-electron chi connectivity index (χ0n) is 15.0. The van der Waals surface area contributed by atoms with Gasteiger partial charge < -0.3 is 4.74 Å². The minimum absolute atomic E-state index is 0.0321. The van der Waals surface area contributed by atoms with Gasteiger partial charge in [-0.1, -0.05) is 13.8 Å². The molecule has 3 heterocycles. The highest BCUT2D eigenvalue weighted by atomic mass is 32.1. The molecule has 1 unspecified atom stereocenters. The minimum atomic E-state index is -0.0321. The number of aryl methyl sites for hydroxylation is 1. The van der Waals surface area contributed by atoms with Crippen LogP contribution < -0.4 is 4.90 Å². The summed E-state index contributed by atoms with van der Waals surface area (Å²) >= 11 is 1.63. The molecular formula is C18H24N4O2S. The molecule has 0 N–H and O–H groups in total. The second kappa shape index (κ2) is 6.53. The summed E-state index contributed by atoms with van der Waals surface area (Å²) in [6.45, 7) is 6.55. The fourth-order valence-corrected chi connectivity index (χ4v) is 4.61. The van der Waals surface area contributed by atoms with E-state index in [0.717, 1.165) is 42.2 Å². The number of carbonyl (C=O) groups excluding carboxylic acids is 1. The third kappa shape index (κ3) is 3.00. The van der Waals surface area contributed by atoms with Crippen molar-refractivity contribution in [3.05, 3.63) is 16.8 Å². The first-order valence-corrected chi connectivity index (χ1v) is 9.76. The Balaban J connectivity index is 1.61. The van der Waals surface area contributed by atoms with Crippen molar-refractivity contribution in [2.75, 3.05) is 25.2 Å². The maximum absolute atomic E-state index is 12.6. The molecule has 0 spiro atoms. The number of nitrogens with zero attached hydrogens (tertiary/aromatic N) is 4. The van der Waals surface area contributed by atoms with Crippen LogP contribution in [0.5, 0.6) is 0 Å². The predicted molar refractivity (Wildman–Crippen MR) is 97.9 cm³/mol. The molecule has 0 bridgehead atoms. The van der Waals surface area contributed by atoms with E-state index in [0.29, 0.717) is 19.1 Å². The lowest BCUT2D eigenvalue weighted by atomic mass is 10.0. The van der Waals surface area contributed by atoms with E-state index in [1.165, 1.54) is 10.6 Å². The molecule has 134 valence electrons. The van der Waals surface area contributed by atoms with Gasteiger partial charge in [-0.15, -0.1) is 11.3 Å². The van der Waals surface area contributed by atoms with Gasteiger partial charge >= 0.3 is 0 Å². The van der Waals surface area contributed by atoms with E-state index in [1.807, 2.05) is 13.2 Å². The predicted octanol–water partition coefficient (Wildman–Crippen LogP) is 2.76. The molecule has 0 radical (unpaired) electrons. The molecule has 6 nitrogen and oxygen atoms in total. The molecule has 1 amide bonds. The minimum Gasteiger partial charge on any atom is -0.381 e. The van der Waals surface area contributed by atoms with Crippen molar-refractivity contribution in [2.45, 2.75) is 39.7 Å². The summed E-state index contributed by atoms with van der Waals surface area (Å²) in [4.78, 5) is 20.4. The van der Waals surface area contributed by atoms with Crippen LogP contribution in [0.15, 0.2) is 6.20 Å². The molecule has 1 aliphatic carbocycles. The lowest BCUT2D eigenvalue weighted by Crippen LogP contribution is -2.33. The lowest BCUT2D eigenvalue weighted by molar-refractivity contribution is -0.122. The van der Waals surface area contributed by atoms with Crippen LogP contribution in [-0.4, -0.2) is 40.9 Å². The molecule has 4 rings (SSSR count). The number of aromatic nitrogens is 3. The average Bonchev–Trinajstić information content (AvgIpc) is 3.31. The molecule has 7 heteroatoms. The molecule has 0 aromatic carbocycles. The Morgan fingerprint density at radius 3 is 3.04 bits per heavy atom. The molecule has 1 fully saturated rings. The highest BCUT2D eigenvalue weighted by Crippen LogP contribution is 2.39. The van der Waals surface area contributed by atoms with E-state index < -0.39 is 0 Å². The zero-order valence-corrected chi connectivity index (χ0v) is 15.8. The summed E-state index contributed by atoms with van der Waals surface area (Å²) in [5.41, 5.74) is 3.42. The average molecular weight is 360 g/mol. The summed E-state index contributed by atoms with van der Waals surface area (Å²) in [6.07, 6.45) is 4.70. The Morgan fingerprint density at radius 2 is 2.32 bits per heavy atom. The number of hydrogen-bond donors (Lipinski definition) is 0. The first kappa shape index (κ1) is 16.7. The van der Waals surface area contributed by atoms with Crippen molar-refractivity contribution in [2.24, 2.45) is 11.8 Å². The zero-order chi connectivity index (χ0) is 17.6. The quantitative estimate of drug-likeness (QED) is 0.841. The number of rotatable bonds is 4. The lowest BCUT2D eigenvalue weighted by Gasteiger charge is -2.17. The smallest absolute Gasteiger partial charge is 0.234 e. The van der Waals surface area contributed by atoms with Crippen LogP contribution in [0, 0.1) is 11.8 Å². The van der Waals surface area contributed by atoms with Crippen molar-refractivity contribution < 1.29 is 9.53 Å². The summed E-state index contributed by atoms with van der Waals surface area (Å²) in [5, 5.41) is 5.36. The van der Waals surface area contributed by atoms with E-state index in [1.54, 1.807) is 16.2 Å². The van der Waals surface area contributed by atoms with Gasteiger partial charge in [0.2, 0.25) is 5.91 Å². The summed E-state index contributed by atoms with van der Waals surface area (Å²) in [5.74, 6) is 0.642. The highest BCUT2D eigenvalue weighted by molar-refractivity contribution is 7.16. The number of ether oxygens (including phenoxy) is 1. The van der Waals surface area contributed by atoms with Crippen LogP contribution in [-0.2, 0) is 28.9 Å². The van der Waals surface area contributed by atoms with Crippen LogP contribution in [0.3, 0.4) is 0 Å². The topological polar surface area (TPSA) is 60.2 Å². The monoisotopic (exact) mass is 360 g/mol. The number of anilines is 1. The normalized spacial score (nSPS) is 19.1. The van der Waals surface area contributed by atoms with Crippen molar-refractivity contribution in [3.8, 4) is 11.3 Å². The van der Waals surface area contributed by atoms with E-state index in [2.05, 4.69) is 23.6 Å². The molecule has 2 aromatic rings. The van der Waals surface area contributed by atoms with Gasteiger partial charge in [0.25, 0.3) is 0 Å². The van der Waals surface area contributed by atoms with Gasteiger partial charge in [0.15, 0.2) is 5.13 Å². The van der Waals surface area contributed by atoms with Gasteiger partial charge in [-0.3, -0.25) is 14.4 Å². The van der Waals surface area contributed by atoms with Crippen LogP contribution in [0.4, 0.5) is 5.13 Å². The van der Waals surface area contributed by atoms with E-state index in [9.17, 15) is 4.79 Å². The number of amides is 1. The Labute approximate surface area is 151 Å². The van der Waals surface area contributed by atoms with Crippen molar-refractivity contribution in [1.82, 2.24) is 14.8 Å². The van der Waals surface area contributed by atoms with Gasteiger partial charge in [-0.05, 0) is 25.2 Å². The fourth-order valence-electron chi connectivity index (χ4n) is 3.57.